The molecule has 1 aromatic carbocycles. The maximum absolute atomic E-state index is 5.66. The molecule has 3 N–H and O–H groups in total. The summed E-state index contributed by atoms with van der Waals surface area (Å²) in [6.07, 6.45) is 0. The van der Waals surface area contributed by atoms with E-state index in [1.165, 1.54) is 11.1 Å². The maximum Gasteiger partial charge on any atom is 0.193 e. The number of hydrogen-bond donors (Lipinski definition) is 2. The van der Waals surface area contributed by atoms with Gasteiger partial charge in [0, 0.05) is 12.2 Å². The van der Waals surface area contributed by atoms with Gasteiger partial charge in [0.2, 0.25) is 0 Å². The predicted molar refractivity (Wildman–Crippen MR) is 61.7 cm³/mol. The third-order valence-electron chi connectivity index (χ3n) is 1.82. The molecule has 0 saturated heterocycles. The first-order chi connectivity index (χ1) is 6.61. The van der Waals surface area contributed by atoms with Gasteiger partial charge in [-0.25, -0.2) is 0 Å². The Morgan fingerprint density at radius 1 is 1.29 bits per heavy atom. The third kappa shape index (κ3) is 3.09. The highest BCUT2D eigenvalue weighted by molar-refractivity contribution is 5.92. The molecule has 0 spiro atoms. The molecule has 0 aliphatic heterocycles. The second-order valence-corrected chi connectivity index (χ2v) is 3.36. The van der Waals surface area contributed by atoms with E-state index in [1.54, 1.807) is 0 Å². The van der Waals surface area contributed by atoms with Crippen LogP contribution >= 0.6 is 0 Å². The van der Waals surface area contributed by atoms with Crippen LogP contribution in [0.25, 0.3) is 0 Å². The van der Waals surface area contributed by atoms with Crippen LogP contribution in [-0.4, -0.2) is 12.5 Å². The zero-order chi connectivity index (χ0) is 10.6. The predicted octanol–water partition coefficient (Wildman–Crippen LogP) is 2.05. The van der Waals surface area contributed by atoms with Crippen molar-refractivity contribution in [3.63, 3.8) is 0 Å². The number of anilines is 1. The Hall–Kier alpha value is -1.51. The average molecular weight is 191 g/mol. The van der Waals surface area contributed by atoms with Crippen molar-refractivity contribution in [1.82, 2.24) is 0 Å². The molecular weight excluding hydrogens is 174 g/mol. The van der Waals surface area contributed by atoms with Gasteiger partial charge in [0.25, 0.3) is 0 Å². The number of aliphatic imine (C=N–C) groups is 1. The Morgan fingerprint density at radius 2 is 1.86 bits per heavy atom. The lowest BCUT2D eigenvalue weighted by atomic mass is 10.1. The summed E-state index contributed by atoms with van der Waals surface area (Å²) >= 11 is 0. The largest absolute Gasteiger partial charge is 0.370 e. The smallest absolute Gasteiger partial charge is 0.193 e. The average Bonchev–Trinajstić information content (AvgIpc) is 2.01. The zero-order valence-electron chi connectivity index (χ0n) is 8.96. The quantitative estimate of drug-likeness (QED) is 0.555. The fourth-order valence-corrected chi connectivity index (χ4v) is 1.40. The Balaban J connectivity index is 2.81. The summed E-state index contributed by atoms with van der Waals surface area (Å²) in [4.78, 5) is 4.06. The molecule has 0 bridgehead atoms. The van der Waals surface area contributed by atoms with Crippen LogP contribution < -0.4 is 11.1 Å². The minimum absolute atomic E-state index is 0.470. The molecule has 0 aromatic heterocycles. The molecule has 0 heterocycles. The van der Waals surface area contributed by atoms with Crippen molar-refractivity contribution in [3.05, 3.63) is 29.3 Å². The van der Waals surface area contributed by atoms with Crippen LogP contribution in [0.4, 0.5) is 5.69 Å². The highest BCUT2D eigenvalue weighted by Gasteiger charge is 1.96. The van der Waals surface area contributed by atoms with E-state index in [2.05, 4.69) is 30.2 Å². The second-order valence-electron chi connectivity index (χ2n) is 3.36. The lowest BCUT2D eigenvalue weighted by Crippen LogP contribution is -2.22. The number of rotatable bonds is 2. The van der Waals surface area contributed by atoms with Gasteiger partial charge in [-0.05, 0) is 44.0 Å². The first kappa shape index (κ1) is 10.6. The van der Waals surface area contributed by atoms with Crippen LogP contribution in [0.15, 0.2) is 23.2 Å². The molecule has 3 heteroatoms. The van der Waals surface area contributed by atoms with Gasteiger partial charge in [0.1, 0.15) is 0 Å². The van der Waals surface area contributed by atoms with Gasteiger partial charge < -0.3 is 11.1 Å². The van der Waals surface area contributed by atoms with Crippen molar-refractivity contribution >= 4 is 11.6 Å². The Kier molecular flexibility index (Phi) is 3.51. The number of nitrogens with one attached hydrogen (secondary N) is 1. The van der Waals surface area contributed by atoms with Crippen molar-refractivity contribution in [3.8, 4) is 0 Å². The molecule has 0 fully saturated rings. The number of guanidine groups is 1. The highest BCUT2D eigenvalue weighted by atomic mass is 15.1. The molecule has 0 unspecified atom stereocenters. The van der Waals surface area contributed by atoms with E-state index in [0.717, 1.165) is 5.69 Å². The molecule has 0 atom stereocenters. The fourth-order valence-electron chi connectivity index (χ4n) is 1.40. The summed E-state index contributed by atoms with van der Waals surface area (Å²) in [7, 11) is 0. The van der Waals surface area contributed by atoms with Gasteiger partial charge in [-0.1, -0.05) is 6.07 Å². The number of nitrogens with two attached hydrogens (primary N) is 1. The normalized spacial score (nSPS) is 11.5. The summed E-state index contributed by atoms with van der Waals surface area (Å²) in [5.74, 6) is 0.470. The molecule has 14 heavy (non-hydrogen) atoms. The molecule has 1 aromatic rings. The number of aryl methyl sites for hydroxylation is 2. The molecule has 0 saturated carbocycles. The van der Waals surface area contributed by atoms with Gasteiger partial charge in [-0.15, -0.1) is 0 Å². The van der Waals surface area contributed by atoms with E-state index in [0.29, 0.717) is 12.5 Å². The second kappa shape index (κ2) is 4.65. The molecular formula is C11H17N3. The van der Waals surface area contributed by atoms with Crippen LogP contribution in [0.1, 0.15) is 18.1 Å². The monoisotopic (exact) mass is 191 g/mol. The molecule has 0 amide bonds. The Morgan fingerprint density at radius 3 is 2.36 bits per heavy atom. The molecule has 0 aliphatic rings. The third-order valence-corrected chi connectivity index (χ3v) is 1.82. The van der Waals surface area contributed by atoms with Crippen molar-refractivity contribution < 1.29 is 0 Å². The molecule has 0 radical (unpaired) electrons. The fraction of sp³-hybridized carbons (Fsp3) is 0.364. The Labute approximate surface area is 85.0 Å². The number of nitrogens with zero attached hydrogens (tertiary/aromatic N) is 1. The maximum atomic E-state index is 5.66. The van der Waals surface area contributed by atoms with E-state index in [-0.39, 0.29) is 0 Å². The summed E-state index contributed by atoms with van der Waals surface area (Å²) in [5, 5.41) is 3.05. The van der Waals surface area contributed by atoms with Gasteiger partial charge in [0.15, 0.2) is 5.96 Å². The van der Waals surface area contributed by atoms with Gasteiger partial charge in [-0.3, -0.25) is 4.99 Å². The SMILES string of the molecule is CCN=C(N)Nc1cc(C)cc(C)c1. The van der Waals surface area contributed by atoms with Crippen LogP contribution in [-0.2, 0) is 0 Å². The van der Waals surface area contributed by atoms with Gasteiger partial charge in [-0.2, -0.15) is 0 Å². The van der Waals surface area contributed by atoms with Crippen LogP contribution in [0.5, 0.6) is 0 Å². The lowest BCUT2D eigenvalue weighted by Gasteiger charge is -2.07. The zero-order valence-corrected chi connectivity index (χ0v) is 8.96. The van der Waals surface area contributed by atoms with E-state index < -0.39 is 0 Å². The van der Waals surface area contributed by atoms with Gasteiger partial charge in [0.05, 0.1) is 0 Å². The van der Waals surface area contributed by atoms with E-state index in [4.69, 9.17) is 5.73 Å². The standard InChI is InChI=1S/C11H17N3/c1-4-13-11(12)14-10-6-8(2)5-9(3)7-10/h5-7H,4H2,1-3H3,(H3,12,13,14). The minimum atomic E-state index is 0.470. The van der Waals surface area contributed by atoms with Crippen molar-refractivity contribution in [2.75, 3.05) is 11.9 Å². The summed E-state index contributed by atoms with van der Waals surface area (Å²) in [6.45, 7) is 6.77. The first-order valence-corrected chi connectivity index (χ1v) is 4.77. The van der Waals surface area contributed by atoms with Crippen molar-refractivity contribution in [1.29, 1.82) is 0 Å². The summed E-state index contributed by atoms with van der Waals surface area (Å²) in [6, 6.07) is 6.22. The molecule has 1 rings (SSSR count). The molecule has 3 nitrogen and oxygen atoms in total. The van der Waals surface area contributed by atoms with Crippen molar-refractivity contribution in [2.24, 2.45) is 10.7 Å². The van der Waals surface area contributed by atoms with Gasteiger partial charge >= 0.3 is 0 Å². The van der Waals surface area contributed by atoms with Crippen LogP contribution in [0, 0.1) is 13.8 Å². The minimum Gasteiger partial charge on any atom is -0.370 e. The van der Waals surface area contributed by atoms with Crippen LogP contribution in [0.3, 0.4) is 0 Å². The summed E-state index contributed by atoms with van der Waals surface area (Å²) in [5.41, 5.74) is 9.09. The summed E-state index contributed by atoms with van der Waals surface area (Å²) < 4.78 is 0. The molecule has 0 aliphatic carbocycles. The highest BCUT2D eigenvalue weighted by Crippen LogP contribution is 2.13. The molecule has 76 valence electrons. The van der Waals surface area contributed by atoms with E-state index in [1.807, 2.05) is 19.1 Å². The van der Waals surface area contributed by atoms with E-state index in [9.17, 15) is 0 Å². The first-order valence-electron chi connectivity index (χ1n) is 4.77. The van der Waals surface area contributed by atoms with E-state index >= 15 is 0 Å². The lowest BCUT2D eigenvalue weighted by molar-refractivity contribution is 1.12. The van der Waals surface area contributed by atoms with Crippen molar-refractivity contribution in [2.45, 2.75) is 20.8 Å². The number of hydrogen-bond acceptors (Lipinski definition) is 1. The topological polar surface area (TPSA) is 50.4 Å². The Bertz CT molecular complexity index is 322. The number of benzene rings is 1. The van der Waals surface area contributed by atoms with Crippen LogP contribution in [0.2, 0.25) is 0 Å².